The third-order valence-corrected chi connectivity index (χ3v) is 3.81. The largest absolute Gasteiger partial charge is 0.103 e. The lowest BCUT2D eigenvalue weighted by Gasteiger charge is -2.12. The van der Waals surface area contributed by atoms with Crippen molar-refractivity contribution in [3.8, 4) is 0 Å². The molecule has 1 unspecified atom stereocenters. The first-order valence-electron chi connectivity index (χ1n) is 10.7. The summed E-state index contributed by atoms with van der Waals surface area (Å²) in [4.78, 5) is 0. The molecule has 1 atom stereocenters. The molecule has 0 aliphatic carbocycles. The van der Waals surface area contributed by atoms with Crippen LogP contribution in [0.25, 0.3) is 0 Å². The van der Waals surface area contributed by atoms with E-state index in [0.717, 1.165) is 38.0 Å². The summed E-state index contributed by atoms with van der Waals surface area (Å²) in [6.07, 6.45) is 23.6. The SMILES string of the molecule is C=CCCC.C=CCCC.C=CCCCCC(=CCC)CC(C)CC=C. The van der Waals surface area contributed by atoms with E-state index >= 15 is 0 Å². The third-order valence-electron chi connectivity index (χ3n) is 3.81. The van der Waals surface area contributed by atoms with Gasteiger partial charge in [-0.1, -0.05) is 76.5 Å². The smallest absolute Gasteiger partial charge is 0.0291 e. The first kappa shape index (κ1) is 29.5. The van der Waals surface area contributed by atoms with Crippen LogP contribution in [0.3, 0.4) is 0 Å². The summed E-state index contributed by atoms with van der Waals surface area (Å²) in [7, 11) is 0. The molecule has 0 saturated heterocycles. The lowest BCUT2D eigenvalue weighted by molar-refractivity contribution is 0.564. The fraction of sp³-hybridized carbons (Fsp3) is 0.615. The van der Waals surface area contributed by atoms with E-state index in [2.05, 4.69) is 60.1 Å². The molecule has 0 aliphatic rings. The average Bonchev–Trinajstić information content (AvgIpc) is 2.61. The summed E-state index contributed by atoms with van der Waals surface area (Å²) in [5, 5.41) is 0. The van der Waals surface area contributed by atoms with Crippen LogP contribution in [0.5, 0.6) is 0 Å². The predicted octanol–water partition coefficient (Wildman–Crippen LogP) is 9.62. The minimum Gasteiger partial charge on any atom is -0.103 e. The monoisotopic (exact) mass is 360 g/mol. The first-order valence-corrected chi connectivity index (χ1v) is 10.7. The van der Waals surface area contributed by atoms with Crippen LogP contribution in [0.4, 0.5) is 0 Å². The van der Waals surface area contributed by atoms with Crippen LogP contribution in [-0.2, 0) is 0 Å². The summed E-state index contributed by atoms with van der Waals surface area (Å²) < 4.78 is 0. The third kappa shape index (κ3) is 30.6. The van der Waals surface area contributed by atoms with Crippen LogP contribution in [0, 0.1) is 5.92 Å². The molecule has 0 aromatic carbocycles. The van der Waals surface area contributed by atoms with Crippen LogP contribution in [-0.4, -0.2) is 0 Å². The molecule has 0 bridgehead atoms. The summed E-state index contributed by atoms with van der Waals surface area (Å²) >= 11 is 0. The Morgan fingerprint density at radius 1 is 0.769 bits per heavy atom. The van der Waals surface area contributed by atoms with E-state index < -0.39 is 0 Å². The number of allylic oxidation sites excluding steroid dienone is 6. The molecule has 0 amide bonds. The Morgan fingerprint density at radius 2 is 1.31 bits per heavy atom. The standard InChI is InChI=1S/C16H28.2C5H10/c1-5-8-9-10-13-16(12-7-3)14-15(4)11-6-2;2*1-3-5-4-2/h5-6,12,15H,1-2,7-11,13-14H2,3-4H3;2*3H,1,4-5H2,2H3. The van der Waals surface area contributed by atoms with E-state index in [0.29, 0.717) is 0 Å². The topological polar surface area (TPSA) is 0 Å². The molecule has 0 fully saturated rings. The molecule has 0 heteroatoms. The van der Waals surface area contributed by atoms with E-state index in [1.807, 2.05) is 24.3 Å². The van der Waals surface area contributed by atoms with Crippen molar-refractivity contribution < 1.29 is 0 Å². The van der Waals surface area contributed by atoms with Gasteiger partial charge in [-0.2, -0.15) is 0 Å². The molecule has 0 aromatic heterocycles. The zero-order chi connectivity index (χ0) is 20.5. The molecular weight excluding hydrogens is 312 g/mol. The zero-order valence-corrected chi connectivity index (χ0v) is 18.6. The van der Waals surface area contributed by atoms with E-state index in [1.165, 1.54) is 38.5 Å². The molecule has 0 saturated carbocycles. The van der Waals surface area contributed by atoms with Crippen molar-refractivity contribution in [1.82, 2.24) is 0 Å². The zero-order valence-electron chi connectivity index (χ0n) is 18.6. The van der Waals surface area contributed by atoms with Crippen LogP contribution in [0.2, 0.25) is 0 Å². The lowest BCUT2D eigenvalue weighted by atomic mass is 9.94. The fourth-order valence-corrected chi connectivity index (χ4v) is 2.44. The van der Waals surface area contributed by atoms with Crippen LogP contribution in [0.15, 0.2) is 62.3 Å². The van der Waals surface area contributed by atoms with E-state index in [4.69, 9.17) is 0 Å². The highest BCUT2D eigenvalue weighted by molar-refractivity contribution is 5.03. The highest BCUT2D eigenvalue weighted by Gasteiger charge is 2.04. The van der Waals surface area contributed by atoms with Gasteiger partial charge in [-0.3, -0.25) is 0 Å². The minimum atomic E-state index is 0.745. The second-order valence-corrected chi connectivity index (χ2v) is 6.79. The predicted molar refractivity (Wildman–Crippen MR) is 126 cm³/mol. The molecule has 0 aromatic rings. The fourth-order valence-electron chi connectivity index (χ4n) is 2.44. The average molecular weight is 361 g/mol. The van der Waals surface area contributed by atoms with Gasteiger partial charge in [-0.15, -0.1) is 26.3 Å². The van der Waals surface area contributed by atoms with Gasteiger partial charge in [-0.05, 0) is 63.7 Å². The maximum absolute atomic E-state index is 3.81. The summed E-state index contributed by atoms with van der Waals surface area (Å²) in [6.45, 7) is 23.5. The van der Waals surface area contributed by atoms with Crippen molar-refractivity contribution in [3.63, 3.8) is 0 Å². The highest BCUT2D eigenvalue weighted by Crippen LogP contribution is 2.21. The van der Waals surface area contributed by atoms with Crippen molar-refractivity contribution in [3.05, 3.63) is 62.3 Å². The Morgan fingerprint density at radius 3 is 1.65 bits per heavy atom. The molecule has 0 aliphatic heterocycles. The number of unbranched alkanes of at least 4 members (excludes halogenated alkanes) is 4. The Kier molecular flexibility index (Phi) is 32.3. The number of hydrogen-bond donors (Lipinski definition) is 0. The minimum absolute atomic E-state index is 0.745. The van der Waals surface area contributed by atoms with Gasteiger partial charge >= 0.3 is 0 Å². The highest BCUT2D eigenvalue weighted by atomic mass is 14.1. The van der Waals surface area contributed by atoms with Crippen molar-refractivity contribution >= 4 is 0 Å². The molecule has 0 nitrogen and oxygen atoms in total. The van der Waals surface area contributed by atoms with Gasteiger partial charge in [0.1, 0.15) is 0 Å². The molecular formula is C26H48. The van der Waals surface area contributed by atoms with Gasteiger partial charge in [0.05, 0.1) is 0 Å². The van der Waals surface area contributed by atoms with E-state index in [-0.39, 0.29) is 0 Å². The quantitative estimate of drug-likeness (QED) is 0.213. The molecule has 0 heterocycles. The summed E-state index contributed by atoms with van der Waals surface area (Å²) in [5.74, 6) is 0.745. The van der Waals surface area contributed by atoms with Crippen molar-refractivity contribution in [2.24, 2.45) is 5.92 Å². The van der Waals surface area contributed by atoms with Crippen molar-refractivity contribution in [1.29, 1.82) is 0 Å². The lowest BCUT2D eigenvalue weighted by Crippen LogP contribution is -1.96. The molecule has 26 heavy (non-hydrogen) atoms. The van der Waals surface area contributed by atoms with Crippen molar-refractivity contribution in [2.75, 3.05) is 0 Å². The Balaban J connectivity index is -0.000000433. The second-order valence-electron chi connectivity index (χ2n) is 6.79. The van der Waals surface area contributed by atoms with Gasteiger partial charge in [-0.25, -0.2) is 0 Å². The van der Waals surface area contributed by atoms with Gasteiger partial charge in [0, 0.05) is 0 Å². The van der Waals surface area contributed by atoms with Gasteiger partial charge in [0.15, 0.2) is 0 Å². The van der Waals surface area contributed by atoms with E-state index in [9.17, 15) is 0 Å². The van der Waals surface area contributed by atoms with Gasteiger partial charge in [0.2, 0.25) is 0 Å². The first-order chi connectivity index (χ1) is 12.6. The molecule has 0 rings (SSSR count). The van der Waals surface area contributed by atoms with Crippen LogP contribution >= 0.6 is 0 Å². The van der Waals surface area contributed by atoms with Crippen LogP contribution < -0.4 is 0 Å². The molecule has 152 valence electrons. The molecule has 0 radical (unpaired) electrons. The van der Waals surface area contributed by atoms with Gasteiger partial charge in [0.25, 0.3) is 0 Å². The maximum atomic E-state index is 3.81. The van der Waals surface area contributed by atoms with E-state index in [1.54, 1.807) is 5.57 Å². The van der Waals surface area contributed by atoms with Crippen LogP contribution in [0.1, 0.15) is 98.3 Å². The molecule has 0 spiro atoms. The Bertz CT molecular complexity index is 322. The summed E-state index contributed by atoms with van der Waals surface area (Å²) in [6, 6.07) is 0. The second kappa shape index (κ2) is 28.5. The Labute approximate surface area is 166 Å². The number of hydrogen-bond acceptors (Lipinski definition) is 0. The summed E-state index contributed by atoms with van der Waals surface area (Å²) in [5.41, 5.74) is 1.64. The number of rotatable bonds is 14. The maximum Gasteiger partial charge on any atom is -0.0291 e. The van der Waals surface area contributed by atoms with Crippen molar-refractivity contribution in [2.45, 2.75) is 98.3 Å². The normalized spacial score (nSPS) is 11.2. The molecule has 0 N–H and O–H groups in total. The van der Waals surface area contributed by atoms with Gasteiger partial charge < -0.3 is 0 Å². The Hall–Kier alpha value is -1.30.